The Labute approximate surface area is 143 Å². The molecule has 6 heteroatoms. The molecule has 0 radical (unpaired) electrons. The molecular weight excluding hydrogens is 323 g/mol. The van der Waals surface area contributed by atoms with Gasteiger partial charge in [-0.25, -0.2) is 4.39 Å². The zero-order chi connectivity index (χ0) is 17.4. The maximum Gasteiger partial charge on any atom is 0.276 e. The van der Waals surface area contributed by atoms with Crippen LogP contribution in [0.1, 0.15) is 21.6 Å². The van der Waals surface area contributed by atoms with Crippen LogP contribution in [0.15, 0.2) is 53.1 Å². The number of carbonyl (C=O) groups excluding carboxylic acids is 1. The topological polar surface area (TPSA) is 66.6 Å². The highest BCUT2D eigenvalue weighted by Gasteiger charge is 2.25. The number of hydrogen-bond donors (Lipinski definition) is 1. The summed E-state index contributed by atoms with van der Waals surface area (Å²) < 4.78 is 19.0. The van der Waals surface area contributed by atoms with Gasteiger partial charge in [-0.3, -0.25) is 4.79 Å². The van der Waals surface area contributed by atoms with Gasteiger partial charge in [0.25, 0.3) is 5.91 Å². The smallest absolute Gasteiger partial charge is 0.276 e. The normalized spacial score (nSPS) is 13.6. The van der Waals surface area contributed by atoms with E-state index < -0.39 is 5.82 Å². The summed E-state index contributed by atoms with van der Waals surface area (Å²) in [4.78, 5) is 14.3. The summed E-state index contributed by atoms with van der Waals surface area (Å²) in [7, 11) is 0. The zero-order valence-corrected chi connectivity index (χ0v) is 13.3. The van der Waals surface area contributed by atoms with Crippen molar-refractivity contribution in [3.05, 3.63) is 71.2 Å². The maximum absolute atomic E-state index is 13.8. The molecule has 0 saturated heterocycles. The van der Waals surface area contributed by atoms with E-state index in [1.54, 1.807) is 35.2 Å². The molecule has 1 aliphatic heterocycles. The molecule has 1 aromatic heterocycles. The summed E-state index contributed by atoms with van der Waals surface area (Å²) in [6.45, 7) is 0.947. The number of aromatic nitrogens is 1. The van der Waals surface area contributed by atoms with E-state index in [-0.39, 0.29) is 28.7 Å². The minimum absolute atomic E-state index is 0.141. The second-order valence-electron chi connectivity index (χ2n) is 5.99. The van der Waals surface area contributed by atoms with E-state index >= 15 is 0 Å². The van der Waals surface area contributed by atoms with Crippen LogP contribution in [0.25, 0.3) is 11.3 Å². The number of rotatable bonds is 2. The number of fused-ring (bicyclic) bond motifs is 1. The van der Waals surface area contributed by atoms with E-state index in [4.69, 9.17) is 4.52 Å². The van der Waals surface area contributed by atoms with Gasteiger partial charge in [-0.15, -0.1) is 0 Å². The number of carbonyl (C=O) groups is 1. The summed E-state index contributed by atoms with van der Waals surface area (Å²) in [5.74, 6) is -0.312. The van der Waals surface area contributed by atoms with Crippen LogP contribution in [0.5, 0.6) is 5.75 Å². The summed E-state index contributed by atoms with van der Waals surface area (Å²) in [6, 6.07) is 12.8. The lowest BCUT2D eigenvalue weighted by atomic mass is 9.99. The molecule has 5 nitrogen and oxygen atoms in total. The molecule has 0 spiro atoms. The minimum atomic E-state index is -0.431. The summed E-state index contributed by atoms with van der Waals surface area (Å²) in [5.41, 5.74) is 2.44. The predicted octanol–water partition coefficient (Wildman–Crippen LogP) is 3.38. The third kappa shape index (κ3) is 2.87. The molecule has 0 aliphatic carbocycles. The number of hydrogen-bond acceptors (Lipinski definition) is 4. The molecule has 0 saturated carbocycles. The van der Waals surface area contributed by atoms with Crippen LogP contribution in [0, 0.1) is 5.82 Å². The monoisotopic (exact) mass is 338 g/mol. The minimum Gasteiger partial charge on any atom is -0.508 e. The number of amides is 1. The second kappa shape index (κ2) is 6.05. The van der Waals surface area contributed by atoms with Crippen molar-refractivity contribution in [2.24, 2.45) is 0 Å². The Kier molecular flexibility index (Phi) is 3.72. The van der Waals surface area contributed by atoms with E-state index in [1.807, 2.05) is 6.07 Å². The largest absolute Gasteiger partial charge is 0.508 e. The molecule has 0 fully saturated rings. The predicted molar refractivity (Wildman–Crippen MR) is 88.4 cm³/mol. The van der Waals surface area contributed by atoms with Gasteiger partial charge < -0.3 is 14.5 Å². The molecule has 1 aliphatic rings. The first-order valence-corrected chi connectivity index (χ1v) is 7.93. The Bertz CT molecular complexity index is 951. The van der Waals surface area contributed by atoms with Crippen molar-refractivity contribution in [1.82, 2.24) is 10.1 Å². The van der Waals surface area contributed by atoms with Crippen LogP contribution in [0.3, 0.4) is 0 Å². The highest BCUT2D eigenvalue weighted by atomic mass is 19.1. The third-order valence-electron chi connectivity index (χ3n) is 4.36. The van der Waals surface area contributed by atoms with Crippen LogP contribution in [0.4, 0.5) is 4.39 Å². The van der Waals surface area contributed by atoms with Gasteiger partial charge in [0.1, 0.15) is 11.6 Å². The van der Waals surface area contributed by atoms with Crippen LogP contribution < -0.4 is 0 Å². The quantitative estimate of drug-likeness (QED) is 0.778. The first kappa shape index (κ1) is 15.4. The van der Waals surface area contributed by atoms with Crippen LogP contribution >= 0.6 is 0 Å². The van der Waals surface area contributed by atoms with Crippen LogP contribution in [0.2, 0.25) is 0 Å². The van der Waals surface area contributed by atoms with E-state index in [1.165, 1.54) is 12.1 Å². The number of phenols is 1. The Balaban J connectivity index is 1.57. The molecule has 0 bridgehead atoms. The van der Waals surface area contributed by atoms with E-state index in [9.17, 15) is 14.3 Å². The lowest BCUT2D eigenvalue weighted by Crippen LogP contribution is -2.36. The zero-order valence-electron chi connectivity index (χ0n) is 13.3. The standard InChI is InChI=1S/C19H15FN2O3/c20-16-4-2-1-3-15(16)18-10-17(21-25-18)19(24)22-8-7-12-5-6-14(23)9-13(12)11-22/h1-6,9-10,23H,7-8,11H2. The van der Waals surface area contributed by atoms with Gasteiger partial charge in [-0.2, -0.15) is 0 Å². The number of phenolic OH excluding ortho intramolecular Hbond substituents is 1. The highest BCUT2D eigenvalue weighted by Crippen LogP contribution is 2.26. The fourth-order valence-electron chi connectivity index (χ4n) is 3.04. The van der Waals surface area contributed by atoms with Gasteiger partial charge in [0.2, 0.25) is 0 Å². The summed E-state index contributed by atoms with van der Waals surface area (Å²) in [5, 5.41) is 13.4. The van der Waals surface area contributed by atoms with Gasteiger partial charge in [0, 0.05) is 19.2 Å². The Morgan fingerprint density at radius 2 is 2.00 bits per heavy atom. The molecular formula is C19H15FN2O3. The van der Waals surface area contributed by atoms with Gasteiger partial charge in [-0.05, 0) is 41.8 Å². The van der Waals surface area contributed by atoms with E-state index in [0.717, 1.165) is 11.1 Å². The van der Waals surface area contributed by atoms with Crippen molar-refractivity contribution < 1.29 is 18.8 Å². The molecule has 25 heavy (non-hydrogen) atoms. The SMILES string of the molecule is O=C(c1cc(-c2ccccc2F)on1)N1CCc2ccc(O)cc2C1. The molecule has 2 heterocycles. The van der Waals surface area contributed by atoms with Crippen molar-refractivity contribution in [1.29, 1.82) is 0 Å². The van der Waals surface area contributed by atoms with E-state index in [2.05, 4.69) is 5.16 Å². The lowest BCUT2D eigenvalue weighted by molar-refractivity contribution is 0.0724. The second-order valence-corrected chi connectivity index (χ2v) is 5.99. The Hall–Kier alpha value is -3.15. The molecule has 1 N–H and O–H groups in total. The van der Waals surface area contributed by atoms with Gasteiger partial charge >= 0.3 is 0 Å². The molecule has 0 atom stereocenters. The average molecular weight is 338 g/mol. The molecule has 3 aromatic rings. The lowest BCUT2D eigenvalue weighted by Gasteiger charge is -2.28. The highest BCUT2D eigenvalue weighted by molar-refractivity contribution is 5.93. The molecule has 1 amide bonds. The van der Waals surface area contributed by atoms with E-state index in [0.29, 0.717) is 19.5 Å². The van der Waals surface area contributed by atoms with Crippen molar-refractivity contribution >= 4 is 5.91 Å². The van der Waals surface area contributed by atoms with Crippen molar-refractivity contribution in [3.63, 3.8) is 0 Å². The summed E-state index contributed by atoms with van der Waals surface area (Å²) >= 11 is 0. The fourth-order valence-corrected chi connectivity index (χ4v) is 3.04. The molecule has 2 aromatic carbocycles. The Morgan fingerprint density at radius 1 is 1.16 bits per heavy atom. The van der Waals surface area contributed by atoms with Crippen molar-refractivity contribution in [2.45, 2.75) is 13.0 Å². The van der Waals surface area contributed by atoms with Crippen molar-refractivity contribution in [2.75, 3.05) is 6.54 Å². The first-order chi connectivity index (χ1) is 12.1. The number of halogens is 1. The molecule has 0 unspecified atom stereocenters. The number of aromatic hydroxyl groups is 1. The molecule has 4 rings (SSSR count). The fraction of sp³-hybridized carbons (Fsp3) is 0.158. The number of nitrogens with zero attached hydrogens (tertiary/aromatic N) is 2. The Morgan fingerprint density at radius 3 is 2.84 bits per heavy atom. The molecule has 126 valence electrons. The van der Waals surface area contributed by atoms with Crippen molar-refractivity contribution in [3.8, 4) is 17.1 Å². The maximum atomic E-state index is 13.8. The van der Waals surface area contributed by atoms with Crippen LogP contribution in [-0.4, -0.2) is 27.6 Å². The summed E-state index contributed by atoms with van der Waals surface area (Å²) in [6.07, 6.45) is 0.708. The van der Waals surface area contributed by atoms with Gasteiger partial charge in [-0.1, -0.05) is 23.4 Å². The van der Waals surface area contributed by atoms with Gasteiger partial charge in [0.15, 0.2) is 11.5 Å². The average Bonchev–Trinajstić information content (AvgIpc) is 3.10. The third-order valence-corrected chi connectivity index (χ3v) is 4.36. The van der Waals surface area contributed by atoms with Crippen LogP contribution in [-0.2, 0) is 13.0 Å². The first-order valence-electron chi connectivity index (χ1n) is 7.93. The van der Waals surface area contributed by atoms with Gasteiger partial charge in [0.05, 0.1) is 5.56 Å². The number of benzene rings is 2.